The summed E-state index contributed by atoms with van der Waals surface area (Å²) >= 11 is 0. The molecule has 4 aromatic heterocycles. The molecule has 4 aromatic rings. The quantitative estimate of drug-likeness (QED) is 0.423. The number of nitrogens with zero attached hydrogens (tertiary/aromatic N) is 8. The van der Waals surface area contributed by atoms with Crippen LogP contribution in [0, 0.1) is 6.92 Å². The van der Waals surface area contributed by atoms with Crippen molar-refractivity contribution < 1.29 is 9.84 Å². The van der Waals surface area contributed by atoms with Crippen LogP contribution in [0.5, 0.6) is 5.88 Å². The number of aryl methyl sites for hydroxylation is 2. The minimum Gasteiger partial charge on any atom is -0.473 e. The van der Waals surface area contributed by atoms with E-state index in [1.807, 2.05) is 51.0 Å². The van der Waals surface area contributed by atoms with Gasteiger partial charge >= 0.3 is 0 Å². The van der Waals surface area contributed by atoms with E-state index in [9.17, 15) is 5.11 Å². The van der Waals surface area contributed by atoms with E-state index in [0.29, 0.717) is 19.0 Å². The van der Waals surface area contributed by atoms with Crippen molar-refractivity contribution >= 4 is 28.9 Å². The van der Waals surface area contributed by atoms with Crippen LogP contribution in [-0.4, -0.2) is 84.6 Å². The van der Waals surface area contributed by atoms with Crippen molar-refractivity contribution in [1.82, 2.24) is 39.6 Å². The molecular weight excluding hydrogens is 482 g/mol. The normalized spacial score (nSPS) is 17.9. The first-order chi connectivity index (χ1) is 18.2. The molecule has 5 heterocycles. The average molecular weight is 520 g/mol. The van der Waals surface area contributed by atoms with Gasteiger partial charge in [0, 0.05) is 44.7 Å². The highest BCUT2D eigenvalue weighted by molar-refractivity contribution is 5.92. The topological polar surface area (TPSA) is 113 Å². The van der Waals surface area contributed by atoms with Gasteiger partial charge in [0.15, 0.2) is 5.82 Å². The molecule has 38 heavy (non-hydrogen) atoms. The zero-order chi connectivity index (χ0) is 27.1. The molecule has 1 aliphatic rings. The molecule has 11 nitrogen and oxygen atoms in total. The van der Waals surface area contributed by atoms with Crippen molar-refractivity contribution in [2.75, 3.05) is 38.7 Å². The summed E-state index contributed by atoms with van der Waals surface area (Å²) < 4.78 is 10.2. The summed E-state index contributed by atoms with van der Waals surface area (Å²) in [7, 11) is 6.01. The molecule has 202 valence electrons. The van der Waals surface area contributed by atoms with Gasteiger partial charge in [0.05, 0.1) is 52.7 Å². The smallest absolute Gasteiger partial charge is 0.221 e. The van der Waals surface area contributed by atoms with E-state index in [-0.39, 0.29) is 18.8 Å². The zero-order valence-electron chi connectivity index (χ0n) is 23.2. The average Bonchev–Trinajstić information content (AvgIpc) is 3.54. The van der Waals surface area contributed by atoms with Gasteiger partial charge in [-0.3, -0.25) is 19.7 Å². The molecule has 2 atom stereocenters. The van der Waals surface area contributed by atoms with E-state index in [1.165, 1.54) is 0 Å². The Morgan fingerprint density at radius 2 is 2.05 bits per heavy atom. The largest absolute Gasteiger partial charge is 0.473 e. The van der Waals surface area contributed by atoms with Crippen LogP contribution in [0.25, 0.3) is 34.3 Å². The van der Waals surface area contributed by atoms with Gasteiger partial charge in [-0.05, 0) is 53.0 Å². The first kappa shape index (κ1) is 25.9. The van der Waals surface area contributed by atoms with Crippen LogP contribution in [0.4, 0.5) is 5.82 Å². The zero-order valence-corrected chi connectivity index (χ0v) is 23.2. The molecule has 0 aromatic carbocycles. The standard InChI is InChI=1S/C27H37N9O2/c1-8-34(6)26-19-9-10-21-20-11-22(28-12-23(20)30-29-21)25-18(4)31-35(7)27(25)38-17(3)13-33(5)14-24(19)36(32-26)16(2)15-37/h9-12,16-17,37H,8,13-15H2,1-7H3,(H,29,30)/b10-9+/t16-,17-/m0/s1. The van der Waals surface area contributed by atoms with Crippen LogP contribution in [0.3, 0.4) is 0 Å². The van der Waals surface area contributed by atoms with E-state index in [2.05, 4.69) is 52.1 Å². The van der Waals surface area contributed by atoms with Gasteiger partial charge in [-0.2, -0.15) is 15.3 Å². The van der Waals surface area contributed by atoms with Crippen LogP contribution in [-0.2, 0) is 13.6 Å². The number of hydrogen-bond donors (Lipinski definition) is 2. The maximum atomic E-state index is 10.0. The molecule has 0 saturated heterocycles. The van der Waals surface area contributed by atoms with E-state index >= 15 is 0 Å². The Bertz CT molecular complexity index is 1480. The maximum Gasteiger partial charge on any atom is 0.221 e. The number of hydrogen-bond acceptors (Lipinski definition) is 8. The first-order valence-electron chi connectivity index (χ1n) is 13.1. The Labute approximate surface area is 222 Å². The predicted octanol–water partition coefficient (Wildman–Crippen LogP) is 3.26. The van der Waals surface area contributed by atoms with Gasteiger partial charge in [0.25, 0.3) is 0 Å². The second-order valence-corrected chi connectivity index (χ2v) is 10.2. The highest BCUT2D eigenvalue weighted by atomic mass is 16.5. The van der Waals surface area contributed by atoms with Crippen LogP contribution >= 0.6 is 0 Å². The van der Waals surface area contributed by atoms with E-state index in [4.69, 9.17) is 14.8 Å². The van der Waals surface area contributed by atoms with Crippen LogP contribution in [0.1, 0.15) is 49.5 Å². The van der Waals surface area contributed by atoms with Crippen molar-refractivity contribution in [3.05, 3.63) is 34.9 Å². The van der Waals surface area contributed by atoms with Crippen molar-refractivity contribution in [3.63, 3.8) is 0 Å². The lowest BCUT2D eigenvalue weighted by atomic mass is 10.1. The summed E-state index contributed by atoms with van der Waals surface area (Å²) in [6.45, 7) is 10.2. The molecule has 0 unspecified atom stereocenters. The number of ether oxygens (including phenoxy) is 1. The number of nitrogens with one attached hydrogen (secondary N) is 1. The van der Waals surface area contributed by atoms with Gasteiger partial charge in [0.1, 0.15) is 6.10 Å². The molecule has 1 aliphatic heterocycles. The van der Waals surface area contributed by atoms with Crippen molar-refractivity contribution in [2.45, 2.75) is 46.4 Å². The van der Waals surface area contributed by atoms with Gasteiger partial charge in [-0.1, -0.05) is 0 Å². The highest BCUT2D eigenvalue weighted by Gasteiger charge is 2.25. The summed E-state index contributed by atoms with van der Waals surface area (Å²) in [5, 5.41) is 28.3. The number of fused-ring (bicyclic) bond motifs is 4. The highest BCUT2D eigenvalue weighted by Crippen LogP contribution is 2.35. The monoisotopic (exact) mass is 519 g/mol. The van der Waals surface area contributed by atoms with Gasteiger partial charge in [-0.15, -0.1) is 0 Å². The minimum absolute atomic E-state index is 0.00125. The third-order valence-corrected chi connectivity index (χ3v) is 7.16. The maximum absolute atomic E-state index is 10.0. The first-order valence-corrected chi connectivity index (χ1v) is 13.1. The van der Waals surface area contributed by atoms with Crippen molar-refractivity contribution in [1.29, 1.82) is 0 Å². The van der Waals surface area contributed by atoms with Crippen molar-refractivity contribution in [2.24, 2.45) is 7.05 Å². The number of aromatic nitrogens is 7. The van der Waals surface area contributed by atoms with Gasteiger partial charge in [0.2, 0.25) is 5.88 Å². The Hall–Kier alpha value is -3.70. The summed E-state index contributed by atoms with van der Waals surface area (Å²) in [6.07, 6.45) is 5.81. The second kappa shape index (κ2) is 10.2. The molecule has 0 fully saturated rings. The second-order valence-electron chi connectivity index (χ2n) is 10.2. The third-order valence-electron chi connectivity index (χ3n) is 7.16. The summed E-state index contributed by atoms with van der Waals surface area (Å²) in [6, 6.07) is 1.88. The molecule has 0 aliphatic carbocycles. The number of pyridine rings is 1. The van der Waals surface area contributed by atoms with Gasteiger partial charge < -0.3 is 14.7 Å². The fraction of sp³-hybridized carbons (Fsp3) is 0.481. The van der Waals surface area contributed by atoms with Crippen LogP contribution in [0.15, 0.2) is 12.3 Å². The molecule has 0 amide bonds. The van der Waals surface area contributed by atoms with E-state index in [1.54, 1.807) is 4.68 Å². The summed E-state index contributed by atoms with van der Waals surface area (Å²) in [4.78, 5) is 9.07. The Morgan fingerprint density at radius 1 is 1.26 bits per heavy atom. The summed E-state index contributed by atoms with van der Waals surface area (Å²) in [5.41, 5.74) is 6.24. The Balaban J connectivity index is 1.73. The SMILES string of the molecule is CCN(C)c1nn([C@@H](C)CO)c2c1/C=C/c1n[nH]c3cnc(cc13)-c1c(C)nn(C)c1O[C@@H](C)CN(C)C2. The molecule has 2 bridgehead atoms. The number of H-pyrrole nitrogens is 1. The minimum atomic E-state index is -0.167. The third kappa shape index (κ3) is 4.56. The van der Waals surface area contributed by atoms with Crippen LogP contribution in [0.2, 0.25) is 0 Å². The van der Waals surface area contributed by atoms with E-state index < -0.39 is 0 Å². The number of aromatic amines is 1. The lowest BCUT2D eigenvalue weighted by Crippen LogP contribution is -2.32. The van der Waals surface area contributed by atoms with Crippen LogP contribution < -0.4 is 9.64 Å². The number of rotatable bonds is 4. The number of likely N-dealkylation sites (N-methyl/N-ethyl adjacent to an activating group) is 1. The fourth-order valence-electron chi connectivity index (χ4n) is 5.09. The van der Waals surface area contributed by atoms with E-state index in [0.717, 1.165) is 57.2 Å². The molecular formula is C27H37N9O2. The number of aliphatic hydroxyl groups excluding tert-OH is 1. The number of anilines is 1. The Kier molecular flexibility index (Phi) is 6.97. The molecule has 5 rings (SSSR count). The van der Waals surface area contributed by atoms with Crippen molar-refractivity contribution in [3.8, 4) is 17.1 Å². The van der Waals surface area contributed by atoms with Gasteiger partial charge in [-0.25, -0.2) is 4.68 Å². The predicted molar refractivity (Wildman–Crippen MR) is 149 cm³/mol. The molecule has 11 heteroatoms. The molecule has 0 spiro atoms. The Morgan fingerprint density at radius 3 is 2.79 bits per heavy atom. The fourth-order valence-corrected chi connectivity index (χ4v) is 5.09. The molecule has 0 radical (unpaired) electrons. The lowest BCUT2D eigenvalue weighted by Gasteiger charge is -2.24. The summed E-state index contributed by atoms with van der Waals surface area (Å²) in [5.74, 6) is 1.56. The molecule has 0 saturated carbocycles. The molecule has 2 N–H and O–H groups in total. The number of aliphatic hydroxyl groups is 1. The lowest BCUT2D eigenvalue weighted by molar-refractivity contribution is 0.145.